The zero-order chi connectivity index (χ0) is 15.6. The van der Waals surface area contributed by atoms with Crippen molar-refractivity contribution in [3.05, 3.63) is 0 Å². The lowest BCUT2D eigenvalue weighted by atomic mass is 10.6. The van der Waals surface area contributed by atoms with Crippen LogP contribution in [0.2, 0.25) is 0 Å². The summed E-state index contributed by atoms with van der Waals surface area (Å²) in [4.78, 5) is 21.3. The van der Waals surface area contributed by atoms with Crippen molar-refractivity contribution in [2.75, 3.05) is 73.0 Å². The van der Waals surface area contributed by atoms with Gasteiger partial charge in [-0.05, 0) is 7.05 Å². The summed E-state index contributed by atoms with van der Waals surface area (Å²) >= 11 is 0. The van der Waals surface area contributed by atoms with Crippen molar-refractivity contribution in [3.8, 4) is 0 Å². The van der Waals surface area contributed by atoms with Gasteiger partial charge in [0.2, 0.25) is 5.91 Å². The van der Waals surface area contributed by atoms with Crippen LogP contribution in [0, 0.1) is 0 Å². The summed E-state index contributed by atoms with van der Waals surface area (Å²) in [6.45, 7) is 3.93. The number of rotatable bonds is 16. The SMILES string of the molecule is CNCCOCCOCC(=O)NCCOCCOCC=O. The molecule has 0 saturated heterocycles. The van der Waals surface area contributed by atoms with Gasteiger partial charge in [-0.1, -0.05) is 0 Å². The second kappa shape index (κ2) is 17.0. The van der Waals surface area contributed by atoms with Gasteiger partial charge in [0.15, 0.2) is 0 Å². The van der Waals surface area contributed by atoms with Crippen LogP contribution in [0.4, 0.5) is 0 Å². The Labute approximate surface area is 125 Å². The average Bonchev–Trinajstić information content (AvgIpc) is 2.49. The number of likely N-dealkylation sites (N-methyl/N-ethyl adjacent to an activating group) is 1. The van der Waals surface area contributed by atoms with Gasteiger partial charge in [-0.15, -0.1) is 0 Å². The maximum Gasteiger partial charge on any atom is 0.246 e. The molecule has 0 aromatic carbocycles. The van der Waals surface area contributed by atoms with E-state index in [1.165, 1.54) is 0 Å². The van der Waals surface area contributed by atoms with Crippen molar-refractivity contribution in [1.82, 2.24) is 10.6 Å². The molecule has 0 rings (SSSR count). The Hall–Kier alpha value is -1.06. The van der Waals surface area contributed by atoms with Crippen LogP contribution in [0.25, 0.3) is 0 Å². The van der Waals surface area contributed by atoms with E-state index >= 15 is 0 Å². The van der Waals surface area contributed by atoms with Crippen LogP contribution >= 0.6 is 0 Å². The molecular formula is C13H26N2O6. The Balaban J connectivity index is 3.14. The number of carbonyl (C=O) groups excluding carboxylic acids is 2. The Morgan fingerprint density at radius 3 is 2.19 bits per heavy atom. The van der Waals surface area contributed by atoms with Crippen LogP contribution in [0.15, 0.2) is 0 Å². The number of hydrogen-bond acceptors (Lipinski definition) is 7. The Kier molecular flexibility index (Phi) is 16.1. The Morgan fingerprint density at radius 2 is 1.52 bits per heavy atom. The molecule has 0 aromatic heterocycles. The maximum atomic E-state index is 11.3. The minimum atomic E-state index is -0.189. The van der Waals surface area contributed by atoms with Gasteiger partial charge in [0.05, 0.1) is 39.6 Å². The van der Waals surface area contributed by atoms with Gasteiger partial charge < -0.3 is 34.4 Å². The average molecular weight is 306 g/mol. The third-order valence-electron chi connectivity index (χ3n) is 2.23. The quantitative estimate of drug-likeness (QED) is 0.267. The fourth-order valence-electron chi connectivity index (χ4n) is 1.22. The van der Waals surface area contributed by atoms with Crippen molar-refractivity contribution < 1.29 is 28.5 Å². The molecule has 8 nitrogen and oxygen atoms in total. The van der Waals surface area contributed by atoms with Crippen LogP contribution in [0.5, 0.6) is 0 Å². The molecule has 0 saturated carbocycles. The van der Waals surface area contributed by atoms with E-state index in [1.807, 2.05) is 7.05 Å². The lowest BCUT2D eigenvalue weighted by molar-refractivity contribution is -0.126. The summed E-state index contributed by atoms with van der Waals surface area (Å²) in [6, 6.07) is 0. The van der Waals surface area contributed by atoms with Crippen molar-refractivity contribution >= 4 is 12.2 Å². The molecule has 21 heavy (non-hydrogen) atoms. The van der Waals surface area contributed by atoms with Crippen molar-refractivity contribution in [3.63, 3.8) is 0 Å². The summed E-state index contributed by atoms with van der Waals surface area (Å²) in [5.41, 5.74) is 0. The number of aldehydes is 1. The molecule has 0 unspecified atom stereocenters. The highest BCUT2D eigenvalue weighted by Crippen LogP contribution is 1.80. The largest absolute Gasteiger partial charge is 0.378 e. The highest BCUT2D eigenvalue weighted by Gasteiger charge is 2.00. The van der Waals surface area contributed by atoms with E-state index < -0.39 is 0 Å². The lowest BCUT2D eigenvalue weighted by Gasteiger charge is -2.07. The minimum Gasteiger partial charge on any atom is -0.378 e. The monoisotopic (exact) mass is 306 g/mol. The molecule has 0 bridgehead atoms. The topological polar surface area (TPSA) is 95.1 Å². The van der Waals surface area contributed by atoms with Gasteiger partial charge in [-0.25, -0.2) is 0 Å². The predicted octanol–water partition coefficient (Wildman–Crippen LogP) is -1.41. The zero-order valence-corrected chi connectivity index (χ0v) is 12.6. The summed E-state index contributed by atoms with van der Waals surface area (Å²) in [5, 5.41) is 5.62. The second-order valence-corrected chi connectivity index (χ2v) is 3.97. The van der Waals surface area contributed by atoms with E-state index in [9.17, 15) is 9.59 Å². The van der Waals surface area contributed by atoms with Gasteiger partial charge >= 0.3 is 0 Å². The molecule has 0 aliphatic carbocycles. The molecule has 0 atom stereocenters. The molecule has 1 amide bonds. The third kappa shape index (κ3) is 16.9. The second-order valence-electron chi connectivity index (χ2n) is 3.97. The summed E-state index contributed by atoms with van der Waals surface area (Å²) in [5.74, 6) is -0.189. The molecule has 2 N–H and O–H groups in total. The van der Waals surface area contributed by atoms with Crippen molar-refractivity contribution in [1.29, 1.82) is 0 Å². The van der Waals surface area contributed by atoms with Crippen molar-refractivity contribution in [2.45, 2.75) is 0 Å². The number of carbonyl (C=O) groups is 2. The summed E-state index contributed by atoms with van der Waals surface area (Å²) in [6.07, 6.45) is 0.686. The number of hydrogen-bond donors (Lipinski definition) is 2. The van der Waals surface area contributed by atoms with Crippen LogP contribution in [0.3, 0.4) is 0 Å². The normalized spacial score (nSPS) is 10.5. The predicted molar refractivity (Wildman–Crippen MR) is 76.3 cm³/mol. The first kappa shape index (κ1) is 19.9. The molecule has 124 valence electrons. The van der Waals surface area contributed by atoms with E-state index in [4.69, 9.17) is 18.9 Å². The Bertz CT molecular complexity index is 253. The third-order valence-corrected chi connectivity index (χ3v) is 2.23. The molecule has 0 fully saturated rings. The van der Waals surface area contributed by atoms with Gasteiger partial charge in [-0.2, -0.15) is 0 Å². The highest BCUT2D eigenvalue weighted by atomic mass is 16.5. The van der Waals surface area contributed by atoms with E-state index in [-0.39, 0.29) is 19.1 Å². The highest BCUT2D eigenvalue weighted by molar-refractivity contribution is 5.77. The first-order chi connectivity index (χ1) is 10.3. The van der Waals surface area contributed by atoms with Crippen LogP contribution in [-0.4, -0.2) is 85.2 Å². The molecule has 0 heterocycles. The lowest BCUT2D eigenvalue weighted by Crippen LogP contribution is -2.31. The number of ether oxygens (including phenoxy) is 4. The molecule has 0 aromatic rings. The van der Waals surface area contributed by atoms with E-state index in [0.717, 1.165) is 6.54 Å². The van der Waals surface area contributed by atoms with Crippen LogP contribution < -0.4 is 10.6 Å². The first-order valence-electron chi connectivity index (χ1n) is 6.97. The maximum absolute atomic E-state index is 11.3. The molecule has 0 aliphatic heterocycles. The van der Waals surface area contributed by atoms with Gasteiger partial charge in [-0.3, -0.25) is 4.79 Å². The van der Waals surface area contributed by atoms with E-state index in [1.54, 1.807) is 0 Å². The van der Waals surface area contributed by atoms with Gasteiger partial charge in [0, 0.05) is 13.1 Å². The standard InChI is InChI=1S/C13H26N2O6/c1-14-2-5-18-10-11-21-12-13(17)15-3-6-19-8-9-20-7-4-16/h4,14H,2-3,5-12H2,1H3,(H,15,17). The van der Waals surface area contributed by atoms with Crippen LogP contribution in [0.1, 0.15) is 0 Å². The Morgan fingerprint density at radius 1 is 0.905 bits per heavy atom. The van der Waals surface area contributed by atoms with Gasteiger partial charge in [0.25, 0.3) is 0 Å². The molecular weight excluding hydrogens is 280 g/mol. The molecule has 0 spiro atoms. The summed E-state index contributed by atoms with van der Waals surface area (Å²) in [7, 11) is 1.85. The van der Waals surface area contributed by atoms with Gasteiger partial charge in [0.1, 0.15) is 19.5 Å². The number of nitrogens with one attached hydrogen (secondary N) is 2. The molecule has 8 heteroatoms. The van der Waals surface area contributed by atoms with E-state index in [2.05, 4.69) is 10.6 Å². The number of amides is 1. The fourth-order valence-corrected chi connectivity index (χ4v) is 1.22. The first-order valence-corrected chi connectivity index (χ1v) is 6.97. The minimum absolute atomic E-state index is 0.0117. The van der Waals surface area contributed by atoms with E-state index in [0.29, 0.717) is 52.5 Å². The van der Waals surface area contributed by atoms with Crippen LogP contribution in [-0.2, 0) is 28.5 Å². The zero-order valence-electron chi connectivity index (χ0n) is 12.6. The molecule has 0 aliphatic rings. The smallest absolute Gasteiger partial charge is 0.246 e. The van der Waals surface area contributed by atoms with Crippen molar-refractivity contribution in [2.24, 2.45) is 0 Å². The fraction of sp³-hybridized carbons (Fsp3) is 0.846. The summed E-state index contributed by atoms with van der Waals surface area (Å²) < 4.78 is 20.5. The molecule has 0 radical (unpaired) electrons.